The molecule has 1 aromatic rings. The maximum absolute atomic E-state index is 13.8. The van der Waals surface area contributed by atoms with Gasteiger partial charge in [-0.2, -0.15) is 0 Å². The zero-order valence-electron chi connectivity index (χ0n) is 10.3. The molecular weight excluding hydrogens is 217 g/mol. The van der Waals surface area contributed by atoms with E-state index in [9.17, 15) is 4.39 Å². The van der Waals surface area contributed by atoms with Crippen LogP contribution in [0.15, 0.2) is 24.3 Å². The largest absolute Gasteiger partial charge is 0.378 e. The van der Waals surface area contributed by atoms with E-state index in [0.29, 0.717) is 6.10 Å². The van der Waals surface area contributed by atoms with E-state index in [0.717, 1.165) is 38.0 Å². The average molecular weight is 237 g/mol. The Morgan fingerprint density at radius 2 is 2.29 bits per heavy atom. The van der Waals surface area contributed by atoms with Gasteiger partial charge in [0.2, 0.25) is 0 Å². The summed E-state index contributed by atoms with van der Waals surface area (Å²) >= 11 is 0. The molecule has 1 heterocycles. The van der Waals surface area contributed by atoms with Gasteiger partial charge in [-0.25, -0.2) is 4.39 Å². The lowest BCUT2D eigenvalue weighted by molar-refractivity contribution is 0.0975. The highest BCUT2D eigenvalue weighted by Gasteiger charge is 2.23. The minimum absolute atomic E-state index is 0.106. The summed E-state index contributed by atoms with van der Waals surface area (Å²) in [7, 11) is 1.91. The van der Waals surface area contributed by atoms with Crippen molar-refractivity contribution >= 4 is 0 Å². The van der Waals surface area contributed by atoms with Gasteiger partial charge in [0.25, 0.3) is 0 Å². The monoisotopic (exact) mass is 237 g/mol. The summed E-state index contributed by atoms with van der Waals surface area (Å²) in [5.74, 6) is 0.0926. The number of nitrogens with one attached hydrogen (secondary N) is 1. The summed E-state index contributed by atoms with van der Waals surface area (Å²) in [5.41, 5.74) is 0.803. The number of halogens is 1. The lowest BCUT2D eigenvalue weighted by Gasteiger charge is -2.21. The van der Waals surface area contributed by atoms with E-state index in [1.807, 2.05) is 19.2 Å². The summed E-state index contributed by atoms with van der Waals surface area (Å²) in [4.78, 5) is 0. The fourth-order valence-electron chi connectivity index (χ4n) is 2.52. The Labute approximate surface area is 102 Å². The molecule has 0 bridgehead atoms. The topological polar surface area (TPSA) is 21.3 Å². The van der Waals surface area contributed by atoms with Gasteiger partial charge in [-0.3, -0.25) is 0 Å². The number of benzene rings is 1. The molecule has 1 saturated heterocycles. The third-order valence-corrected chi connectivity index (χ3v) is 3.37. The number of rotatable bonds is 5. The summed E-state index contributed by atoms with van der Waals surface area (Å²) in [6.07, 6.45) is 3.44. The van der Waals surface area contributed by atoms with Crippen molar-refractivity contribution in [3.63, 3.8) is 0 Å². The summed E-state index contributed by atoms with van der Waals surface area (Å²) in [6, 6.07) is 7.05. The zero-order valence-corrected chi connectivity index (χ0v) is 10.3. The summed E-state index contributed by atoms with van der Waals surface area (Å²) in [6.45, 7) is 1.65. The number of ether oxygens (including phenoxy) is 1. The van der Waals surface area contributed by atoms with Crippen molar-refractivity contribution in [1.29, 1.82) is 0 Å². The Balaban J connectivity index is 2.08. The normalized spacial score (nSPS) is 21.6. The van der Waals surface area contributed by atoms with Crippen LogP contribution in [0.1, 0.15) is 30.7 Å². The van der Waals surface area contributed by atoms with E-state index in [1.165, 1.54) is 6.07 Å². The van der Waals surface area contributed by atoms with Crippen molar-refractivity contribution in [1.82, 2.24) is 5.32 Å². The third kappa shape index (κ3) is 3.27. The van der Waals surface area contributed by atoms with Crippen LogP contribution in [0, 0.1) is 5.82 Å². The molecule has 1 aliphatic heterocycles. The predicted molar refractivity (Wildman–Crippen MR) is 66.7 cm³/mol. The Hall–Kier alpha value is -0.930. The number of likely N-dealkylation sites (N-methyl/N-ethyl adjacent to an activating group) is 1. The van der Waals surface area contributed by atoms with Crippen molar-refractivity contribution in [3.05, 3.63) is 35.6 Å². The molecule has 0 aliphatic carbocycles. The van der Waals surface area contributed by atoms with Crippen LogP contribution in [-0.2, 0) is 4.74 Å². The van der Waals surface area contributed by atoms with Crippen molar-refractivity contribution in [2.45, 2.75) is 31.3 Å². The maximum Gasteiger partial charge on any atom is 0.126 e. The number of hydrogen-bond donors (Lipinski definition) is 1. The fourth-order valence-corrected chi connectivity index (χ4v) is 2.52. The highest BCUT2D eigenvalue weighted by molar-refractivity contribution is 5.22. The van der Waals surface area contributed by atoms with Gasteiger partial charge in [0, 0.05) is 19.1 Å². The second-order valence-electron chi connectivity index (χ2n) is 4.65. The predicted octanol–water partition coefficient (Wildman–Crippen LogP) is 2.70. The Morgan fingerprint density at radius 3 is 2.94 bits per heavy atom. The van der Waals surface area contributed by atoms with E-state index < -0.39 is 0 Å². The quantitative estimate of drug-likeness (QED) is 0.850. The molecule has 2 nitrogen and oxygen atoms in total. The first kappa shape index (κ1) is 12.5. The first-order valence-corrected chi connectivity index (χ1v) is 6.32. The Morgan fingerprint density at radius 1 is 1.47 bits per heavy atom. The van der Waals surface area contributed by atoms with E-state index in [-0.39, 0.29) is 11.7 Å². The highest BCUT2D eigenvalue weighted by Crippen LogP contribution is 2.28. The fraction of sp³-hybridized carbons (Fsp3) is 0.571. The Kier molecular flexibility index (Phi) is 4.51. The maximum atomic E-state index is 13.8. The molecule has 94 valence electrons. The summed E-state index contributed by atoms with van der Waals surface area (Å²) in [5, 5.41) is 3.15. The van der Waals surface area contributed by atoms with Crippen LogP contribution in [0.3, 0.4) is 0 Å². The smallest absolute Gasteiger partial charge is 0.126 e. The molecule has 1 aliphatic rings. The van der Waals surface area contributed by atoms with Crippen molar-refractivity contribution in [3.8, 4) is 0 Å². The van der Waals surface area contributed by atoms with Gasteiger partial charge >= 0.3 is 0 Å². The third-order valence-electron chi connectivity index (χ3n) is 3.37. The van der Waals surface area contributed by atoms with Crippen LogP contribution in [0.2, 0.25) is 0 Å². The molecule has 2 rings (SSSR count). The molecule has 3 heteroatoms. The van der Waals surface area contributed by atoms with Crippen LogP contribution in [0.25, 0.3) is 0 Å². The van der Waals surface area contributed by atoms with Crippen LogP contribution in [-0.4, -0.2) is 26.3 Å². The van der Waals surface area contributed by atoms with Gasteiger partial charge in [-0.1, -0.05) is 18.2 Å². The zero-order chi connectivity index (χ0) is 12.1. The van der Waals surface area contributed by atoms with Crippen LogP contribution in [0.5, 0.6) is 0 Å². The molecule has 0 spiro atoms. The molecule has 0 amide bonds. The highest BCUT2D eigenvalue weighted by atomic mass is 19.1. The molecule has 1 fully saturated rings. The second-order valence-corrected chi connectivity index (χ2v) is 4.65. The van der Waals surface area contributed by atoms with Gasteiger partial charge < -0.3 is 10.1 Å². The molecule has 0 saturated carbocycles. The first-order valence-electron chi connectivity index (χ1n) is 6.32. The van der Waals surface area contributed by atoms with Gasteiger partial charge in [0.15, 0.2) is 0 Å². The first-order chi connectivity index (χ1) is 8.31. The van der Waals surface area contributed by atoms with Gasteiger partial charge in [0.1, 0.15) is 5.82 Å². The molecule has 1 N–H and O–H groups in total. The molecule has 17 heavy (non-hydrogen) atoms. The van der Waals surface area contributed by atoms with Crippen LogP contribution in [0.4, 0.5) is 4.39 Å². The van der Waals surface area contributed by atoms with E-state index in [4.69, 9.17) is 4.74 Å². The van der Waals surface area contributed by atoms with E-state index in [2.05, 4.69) is 5.32 Å². The van der Waals surface area contributed by atoms with Crippen molar-refractivity contribution < 1.29 is 9.13 Å². The van der Waals surface area contributed by atoms with E-state index >= 15 is 0 Å². The second kappa shape index (κ2) is 6.12. The summed E-state index contributed by atoms with van der Waals surface area (Å²) < 4.78 is 19.4. The minimum atomic E-state index is -0.106. The van der Waals surface area contributed by atoms with Gasteiger partial charge in [-0.15, -0.1) is 0 Å². The van der Waals surface area contributed by atoms with Crippen molar-refractivity contribution in [2.75, 3.05) is 20.2 Å². The lowest BCUT2D eigenvalue weighted by Crippen LogP contribution is -2.22. The molecule has 0 aromatic heterocycles. The molecule has 1 aromatic carbocycles. The van der Waals surface area contributed by atoms with Gasteiger partial charge in [0.05, 0.1) is 6.10 Å². The van der Waals surface area contributed by atoms with Gasteiger partial charge in [-0.05, 0) is 37.9 Å². The lowest BCUT2D eigenvalue weighted by atomic mass is 9.91. The Bertz CT molecular complexity index is 350. The average Bonchev–Trinajstić information content (AvgIpc) is 2.82. The van der Waals surface area contributed by atoms with Crippen LogP contribution < -0.4 is 5.32 Å². The standard InChI is InChI=1S/C14H20FNO/c1-16-10-11(9-12-5-4-8-17-12)13-6-2-3-7-14(13)15/h2-3,6-7,11-12,16H,4-5,8-10H2,1H3. The molecule has 0 radical (unpaired) electrons. The van der Waals surface area contributed by atoms with Crippen molar-refractivity contribution in [2.24, 2.45) is 0 Å². The van der Waals surface area contributed by atoms with E-state index in [1.54, 1.807) is 6.07 Å². The molecule has 2 atom stereocenters. The minimum Gasteiger partial charge on any atom is -0.378 e. The van der Waals surface area contributed by atoms with Crippen LogP contribution >= 0.6 is 0 Å². The molecule has 2 unspecified atom stereocenters. The SMILES string of the molecule is CNCC(CC1CCCO1)c1ccccc1F. The number of hydrogen-bond acceptors (Lipinski definition) is 2. The molecular formula is C14H20FNO.